The summed E-state index contributed by atoms with van der Waals surface area (Å²) < 4.78 is 24.8. The average Bonchev–Trinajstić information content (AvgIpc) is 2.16. The van der Waals surface area contributed by atoms with Crippen LogP contribution in [0.25, 0.3) is 0 Å². The Balaban J connectivity index is 3.49. The van der Waals surface area contributed by atoms with Crippen LogP contribution in [0.1, 0.15) is 23.2 Å². The highest BCUT2D eigenvalue weighted by molar-refractivity contribution is 5.39. The van der Waals surface area contributed by atoms with Gasteiger partial charge in [-0.3, -0.25) is 4.79 Å². The van der Waals surface area contributed by atoms with Gasteiger partial charge in [0.05, 0.1) is 17.3 Å². The van der Waals surface area contributed by atoms with Crippen LogP contribution < -0.4 is 11.3 Å². The van der Waals surface area contributed by atoms with Gasteiger partial charge in [-0.05, 0) is 0 Å². The van der Waals surface area contributed by atoms with Gasteiger partial charge >= 0.3 is 0 Å². The summed E-state index contributed by atoms with van der Waals surface area (Å²) in [7, 11) is 0. The van der Waals surface area contributed by atoms with E-state index in [1.54, 1.807) is 6.07 Å². The lowest BCUT2D eigenvalue weighted by atomic mass is 10.1. The first-order chi connectivity index (χ1) is 6.60. The molecule has 0 fully saturated rings. The lowest BCUT2D eigenvalue weighted by molar-refractivity contribution is 0.144. The van der Waals surface area contributed by atoms with E-state index in [0.29, 0.717) is 0 Å². The van der Waals surface area contributed by atoms with Gasteiger partial charge in [-0.25, -0.2) is 8.78 Å². The molecular weight excluding hydrogens is 192 g/mol. The number of hydrogen-bond acceptors (Lipinski definition) is 3. The van der Waals surface area contributed by atoms with Crippen LogP contribution in [0, 0.1) is 11.3 Å². The van der Waals surface area contributed by atoms with E-state index in [1.807, 2.05) is 4.98 Å². The molecule has 0 saturated carbocycles. The highest BCUT2D eigenvalue weighted by Gasteiger charge is 2.16. The standard InChI is InChI=1S/C8H7F2N3O/c9-8(10)7-5(3-12)4(2-11)1-6(14)13-7/h1,8H,3,12H2,(H,13,14). The topological polar surface area (TPSA) is 82.7 Å². The Morgan fingerprint density at radius 2 is 2.29 bits per heavy atom. The molecular formula is C8H7F2N3O. The van der Waals surface area contributed by atoms with Crippen LogP contribution in [0.3, 0.4) is 0 Å². The van der Waals surface area contributed by atoms with Gasteiger partial charge in [0.1, 0.15) is 0 Å². The smallest absolute Gasteiger partial charge is 0.278 e. The number of pyridine rings is 1. The number of rotatable bonds is 2. The SMILES string of the molecule is N#Cc1cc(=O)[nH]c(C(F)F)c1CN. The molecule has 0 bridgehead atoms. The fourth-order valence-electron chi connectivity index (χ4n) is 1.11. The summed E-state index contributed by atoms with van der Waals surface area (Å²) in [5, 5.41) is 8.58. The van der Waals surface area contributed by atoms with Crippen molar-refractivity contribution in [2.75, 3.05) is 0 Å². The summed E-state index contributed by atoms with van der Waals surface area (Å²) in [5.74, 6) is 0. The number of nitrogens with one attached hydrogen (secondary N) is 1. The predicted molar refractivity (Wildman–Crippen MR) is 44.6 cm³/mol. The Labute approximate surface area is 78.0 Å². The molecule has 14 heavy (non-hydrogen) atoms. The molecule has 0 saturated heterocycles. The molecule has 0 atom stereocenters. The minimum absolute atomic E-state index is 0.0119. The van der Waals surface area contributed by atoms with E-state index in [1.165, 1.54) is 0 Å². The van der Waals surface area contributed by atoms with Gasteiger partial charge < -0.3 is 10.7 Å². The van der Waals surface area contributed by atoms with Crippen LogP contribution in [-0.4, -0.2) is 4.98 Å². The molecule has 1 aromatic heterocycles. The van der Waals surface area contributed by atoms with E-state index in [2.05, 4.69) is 0 Å². The van der Waals surface area contributed by atoms with E-state index in [4.69, 9.17) is 11.0 Å². The number of aromatic amines is 1. The molecule has 0 aliphatic heterocycles. The largest absolute Gasteiger partial charge is 0.326 e. The minimum Gasteiger partial charge on any atom is -0.326 e. The molecule has 0 amide bonds. The Morgan fingerprint density at radius 1 is 1.64 bits per heavy atom. The Morgan fingerprint density at radius 3 is 2.71 bits per heavy atom. The van der Waals surface area contributed by atoms with Crippen molar-refractivity contribution >= 4 is 0 Å². The van der Waals surface area contributed by atoms with Gasteiger partial charge in [-0.15, -0.1) is 0 Å². The summed E-state index contributed by atoms with van der Waals surface area (Å²) >= 11 is 0. The van der Waals surface area contributed by atoms with Crippen LogP contribution in [0.2, 0.25) is 0 Å². The van der Waals surface area contributed by atoms with Crippen molar-refractivity contribution in [1.82, 2.24) is 4.98 Å². The zero-order chi connectivity index (χ0) is 10.7. The molecule has 4 nitrogen and oxygen atoms in total. The van der Waals surface area contributed by atoms with Crippen LogP contribution in [0.5, 0.6) is 0 Å². The summed E-state index contributed by atoms with van der Waals surface area (Å²) in [5.41, 5.74) is 3.79. The Kier molecular flexibility index (Phi) is 2.94. The van der Waals surface area contributed by atoms with Crippen molar-refractivity contribution in [3.8, 4) is 6.07 Å². The highest BCUT2D eigenvalue weighted by atomic mass is 19.3. The summed E-state index contributed by atoms with van der Waals surface area (Å²) in [4.78, 5) is 12.8. The number of nitrogens with zero attached hydrogens (tertiary/aromatic N) is 1. The number of nitriles is 1. The number of alkyl halides is 2. The Hall–Kier alpha value is -1.74. The van der Waals surface area contributed by atoms with Gasteiger partial charge in [-0.1, -0.05) is 0 Å². The molecule has 0 aliphatic rings. The third kappa shape index (κ3) is 1.78. The maximum absolute atomic E-state index is 12.4. The summed E-state index contributed by atoms with van der Waals surface area (Å²) in [6, 6.07) is 2.60. The highest BCUT2D eigenvalue weighted by Crippen LogP contribution is 2.21. The maximum atomic E-state index is 12.4. The van der Waals surface area contributed by atoms with Gasteiger partial charge in [0.15, 0.2) is 0 Å². The van der Waals surface area contributed by atoms with Crippen LogP contribution in [-0.2, 0) is 6.54 Å². The third-order valence-corrected chi connectivity index (χ3v) is 1.73. The second kappa shape index (κ2) is 3.98. The number of H-pyrrole nitrogens is 1. The molecule has 0 aliphatic carbocycles. The van der Waals surface area contributed by atoms with E-state index in [0.717, 1.165) is 6.07 Å². The zero-order valence-electron chi connectivity index (χ0n) is 7.05. The quantitative estimate of drug-likeness (QED) is 0.733. The van der Waals surface area contributed by atoms with E-state index >= 15 is 0 Å². The lowest BCUT2D eigenvalue weighted by Crippen LogP contribution is -2.15. The lowest BCUT2D eigenvalue weighted by Gasteiger charge is -2.07. The van der Waals surface area contributed by atoms with Crippen molar-refractivity contribution in [3.63, 3.8) is 0 Å². The predicted octanol–water partition coefficient (Wildman–Crippen LogP) is 0.643. The normalized spacial score (nSPS) is 10.2. The number of hydrogen-bond donors (Lipinski definition) is 2. The number of nitrogens with two attached hydrogens (primary N) is 1. The molecule has 3 N–H and O–H groups in total. The third-order valence-electron chi connectivity index (χ3n) is 1.73. The first kappa shape index (κ1) is 10.3. The molecule has 0 unspecified atom stereocenters. The first-order valence-electron chi connectivity index (χ1n) is 3.74. The zero-order valence-corrected chi connectivity index (χ0v) is 7.05. The maximum Gasteiger partial charge on any atom is 0.278 e. The fraction of sp³-hybridized carbons (Fsp3) is 0.250. The van der Waals surface area contributed by atoms with Gasteiger partial charge in [0.25, 0.3) is 6.43 Å². The molecule has 6 heteroatoms. The summed E-state index contributed by atoms with van der Waals surface area (Å²) in [6.07, 6.45) is -2.84. The average molecular weight is 199 g/mol. The minimum atomic E-state index is -2.84. The van der Waals surface area contributed by atoms with Crippen LogP contribution >= 0.6 is 0 Å². The second-order valence-corrected chi connectivity index (χ2v) is 2.56. The van der Waals surface area contributed by atoms with E-state index in [-0.39, 0.29) is 17.7 Å². The van der Waals surface area contributed by atoms with Crippen LogP contribution in [0.4, 0.5) is 8.78 Å². The fourth-order valence-corrected chi connectivity index (χ4v) is 1.11. The van der Waals surface area contributed by atoms with Crippen molar-refractivity contribution in [3.05, 3.63) is 33.2 Å². The van der Waals surface area contributed by atoms with Crippen LogP contribution in [0.15, 0.2) is 10.9 Å². The molecule has 1 aromatic rings. The number of halogens is 2. The van der Waals surface area contributed by atoms with Crippen molar-refractivity contribution in [2.45, 2.75) is 13.0 Å². The second-order valence-electron chi connectivity index (χ2n) is 2.56. The molecule has 1 heterocycles. The molecule has 0 spiro atoms. The van der Waals surface area contributed by atoms with Crippen molar-refractivity contribution < 1.29 is 8.78 Å². The van der Waals surface area contributed by atoms with Gasteiger partial charge in [-0.2, -0.15) is 5.26 Å². The van der Waals surface area contributed by atoms with Gasteiger partial charge in [0, 0.05) is 18.2 Å². The van der Waals surface area contributed by atoms with Crippen molar-refractivity contribution in [2.24, 2.45) is 5.73 Å². The van der Waals surface area contributed by atoms with Crippen molar-refractivity contribution in [1.29, 1.82) is 5.26 Å². The van der Waals surface area contributed by atoms with E-state index < -0.39 is 17.7 Å². The monoisotopic (exact) mass is 199 g/mol. The number of aromatic nitrogens is 1. The first-order valence-corrected chi connectivity index (χ1v) is 3.74. The molecule has 1 rings (SSSR count). The molecule has 0 radical (unpaired) electrons. The Bertz CT molecular complexity index is 433. The molecule has 74 valence electrons. The van der Waals surface area contributed by atoms with Gasteiger partial charge in [0.2, 0.25) is 5.56 Å². The van der Waals surface area contributed by atoms with E-state index in [9.17, 15) is 13.6 Å². The summed E-state index contributed by atoms with van der Waals surface area (Å²) in [6.45, 7) is -0.209. The molecule has 0 aromatic carbocycles.